The van der Waals surface area contributed by atoms with Crippen molar-refractivity contribution in [3.05, 3.63) is 65.9 Å². The van der Waals surface area contributed by atoms with Gasteiger partial charge < -0.3 is 20.3 Å². The second-order valence-corrected chi connectivity index (χ2v) is 10.1. The summed E-state index contributed by atoms with van der Waals surface area (Å²) in [5.41, 5.74) is 3.30. The number of carbonyl (C=O) groups excluding carboxylic acids is 2. The van der Waals surface area contributed by atoms with Gasteiger partial charge >= 0.3 is 6.03 Å². The lowest BCUT2D eigenvalue weighted by Gasteiger charge is -2.22. The van der Waals surface area contributed by atoms with Crippen molar-refractivity contribution in [3.63, 3.8) is 0 Å². The van der Waals surface area contributed by atoms with Crippen LogP contribution in [0.2, 0.25) is 0 Å². The molecular weight excluding hydrogens is 466 g/mol. The number of carbonyl (C=O) groups is 2. The van der Waals surface area contributed by atoms with Crippen LogP contribution < -0.4 is 15.4 Å². The summed E-state index contributed by atoms with van der Waals surface area (Å²) in [7, 11) is 0. The number of urea groups is 1. The fraction of sp³-hybridized carbons (Fsp3) is 0.414. The molecule has 1 aromatic heterocycles. The van der Waals surface area contributed by atoms with Gasteiger partial charge in [-0.2, -0.15) is 5.10 Å². The molecular formula is C29H39N5O3. The Morgan fingerprint density at radius 2 is 1.68 bits per heavy atom. The minimum atomic E-state index is -0.324. The summed E-state index contributed by atoms with van der Waals surface area (Å²) >= 11 is 0. The van der Waals surface area contributed by atoms with E-state index in [1.54, 1.807) is 28.9 Å². The van der Waals surface area contributed by atoms with Gasteiger partial charge in [-0.1, -0.05) is 51.8 Å². The molecule has 0 spiro atoms. The van der Waals surface area contributed by atoms with Crippen molar-refractivity contribution in [3.8, 4) is 11.4 Å². The Morgan fingerprint density at radius 1 is 1.00 bits per heavy atom. The zero-order valence-corrected chi connectivity index (χ0v) is 22.8. The minimum absolute atomic E-state index is 0.0766. The summed E-state index contributed by atoms with van der Waals surface area (Å²) in [6.45, 7) is 13.2. The second kappa shape index (κ2) is 12.4. The summed E-state index contributed by atoms with van der Waals surface area (Å²) in [6.07, 6.45) is 1.70. The first-order valence-corrected chi connectivity index (χ1v) is 12.9. The number of hydrogen-bond donors (Lipinski definition) is 2. The van der Waals surface area contributed by atoms with Gasteiger partial charge in [0.15, 0.2) is 0 Å². The molecule has 3 aromatic rings. The van der Waals surface area contributed by atoms with Crippen LogP contribution in [0.25, 0.3) is 5.69 Å². The topological polar surface area (TPSA) is 88.5 Å². The number of hydrogen-bond acceptors (Lipinski definition) is 4. The van der Waals surface area contributed by atoms with Gasteiger partial charge in [-0.05, 0) is 56.7 Å². The Hall–Kier alpha value is -3.81. The molecule has 0 unspecified atom stereocenters. The smallest absolute Gasteiger partial charge is 0.322 e. The monoisotopic (exact) mass is 505 g/mol. The fourth-order valence-corrected chi connectivity index (χ4v) is 3.68. The Balaban J connectivity index is 1.76. The van der Waals surface area contributed by atoms with Gasteiger partial charge in [-0.25, -0.2) is 9.48 Å². The average Bonchev–Trinajstić information content (AvgIpc) is 3.27. The number of unbranched alkanes of at least 4 members (excludes halogenated alkanes) is 1. The molecule has 3 rings (SSSR count). The zero-order valence-electron chi connectivity index (χ0n) is 22.8. The molecule has 0 bridgehead atoms. The second-order valence-electron chi connectivity index (χ2n) is 10.1. The van der Waals surface area contributed by atoms with E-state index in [2.05, 4.69) is 38.3 Å². The first-order valence-electron chi connectivity index (χ1n) is 12.9. The van der Waals surface area contributed by atoms with Gasteiger partial charge in [0, 0.05) is 23.7 Å². The third kappa shape index (κ3) is 7.84. The van der Waals surface area contributed by atoms with Crippen molar-refractivity contribution in [2.75, 3.05) is 30.3 Å². The number of anilines is 2. The van der Waals surface area contributed by atoms with E-state index in [1.165, 1.54) is 4.90 Å². The van der Waals surface area contributed by atoms with Crippen LogP contribution in [0.5, 0.6) is 5.75 Å². The molecule has 8 heteroatoms. The van der Waals surface area contributed by atoms with Crippen molar-refractivity contribution in [1.82, 2.24) is 14.7 Å². The molecule has 2 N–H and O–H groups in total. The highest BCUT2D eigenvalue weighted by atomic mass is 16.5. The molecule has 0 fully saturated rings. The summed E-state index contributed by atoms with van der Waals surface area (Å²) in [5, 5.41) is 10.6. The van der Waals surface area contributed by atoms with E-state index in [0.29, 0.717) is 24.7 Å². The molecule has 37 heavy (non-hydrogen) atoms. The molecule has 0 aliphatic carbocycles. The lowest BCUT2D eigenvalue weighted by Crippen LogP contribution is -2.41. The van der Waals surface area contributed by atoms with Crippen LogP contribution in [0.1, 0.15) is 58.7 Å². The van der Waals surface area contributed by atoms with E-state index >= 15 is 0 Å². The van der Waals surface area contributed by atoms with Crippen LogP contribution in [-0.2, 0) is 10.2 Å². The molecule has 1 heterocycles. The zero-order chi connectivity index (χ0) is 27.0. The number of aryl methyl sites for hydroxylation is 1. The molecule has 0 radical (unpaired) electrons. The van der Waals surface area contributed by atoms with Gasteiger partial charge in [0.1, 0.15) is 18.1 Å². The number of ether oxygens (including phenoxy) is 1. The Morgan fingerprint density at radius 3 is 2.27 bits per heavy atom. The predicted octanol–water partition coefficient (Wildman–Crippen LogP) is 6.15. The quantitative estimate of drug-likeness (QED) is 0.346. The van der Waals surface area contributed by atoms with E-state index in [4.69, 9.17) is 9.84 Å². The molecule has 2 aromatic carbocycles. The maximum absolute atomic E-state index is 13.2. The van der Waals surface area contributed by atoms with Gasteiger partial charge in [-0.15, -0.1) is 0 Å². The molecule has 8 nitrogen and oxygen atoms in total. The number of nitrogens with one attached hydrogen (secondary N) is 2. The number of benzene rings is 2. The van der Waals surface area contributed by atoms with Crippen LogP contribution in [-0.4, -0.2) is 46.3 Å². The number of nitrogens with zero attached hydrogens (tertiary/aromatic N) is 3. The Labute approximate surface area is 220 Å². The number of rotatable bonds is 10. The first-order chi connectivity index (χ1) is 17.6. The number of amides is 3. The molecule has 0 saturated heterocycles. The van der Waals surface area contributed by atoms with Crippen molar-refractivity contribution in [1.29, 1.82) is 0 Å². The minimum Gasteiger partial charge on any atom is -0.494 e. The van der Waals surface area contributed by atoms with Crippen LogP contribution in [0.3, 0.4) is 0 Å². The molecule has 3 amide bonds. The van der Waals surface area contributed by atoms with Crippen LogP contribution in [0, 0.1) is 6.92 Å². The highest BCUT2D eigenvalue weighted by molar-refractivity contribution is 5.96. The lowest BCUT2D eigenvalue weighted by atomic mass is 9.92. The maximum Gasteiger partial charge on any atom is 0.322 e. The van der Waals surface area contributed by atoms with E-state index < -0.39 is 0 Å². The lowest BCUT2D eigenvalue weighted by molar-refractivity contribution is -0.116. The highest BCUT2D eigenvalue weighted by Gasteiger charge is 2.23. The summed E-state index contributed by atoms with van der Waals surface area (Å²) in [5.74, 6) is 1.02. The van der Waals surface area contributed by atoms with Crippen LogP contribution >= 0.6 is 0 Å². The van der Waals surface area contributed by atoms with Gasteiger partial charge in [-0.3, -0.25) is 4.79 Å². The largest absolute Gasteiger partial charge is 0.494 e. The van der Waals surface area contributed by atoms with Crippen molar-refractivity contribution in [2.45, 2.75) is 59.8 Å². The molecule has 0 saturated carbocycles. The highest BCUT2D eigenvalue weighted by Crippen LogP contribution is 2.26. The normalized spacial score (nSPS) is 11.2. The molecule has 0 aliphatic heterocycles. The Kier molecular flexibility index (Phi) is 9.33. The molecule has 0 atom stereocenters. The van der Waals surface area contributed by atoms with E-state index in [-0.39, 0.29) is 23.9 Å². The Bertz CT molecular complexity index is 1180. The van der Waals surface area contributed by atoms with Crippen LogP contribution in [0.15, 0.2) is 54.6 Å². The summed E-state index contributed by atoms with van der Waals surface area (Å²) in [6, 6.07) is 16.7. The van der Waals surface area contributed by atoms with E-state index in [1.807, 2.05) is 44.2 Å². The van der Waals surface area contributed by atoms with Gasteiger partial charge in [0.05, 0.1) is 18.0 Å². The number of aromatic nitrogens is 2. The molecule has 0 aliphatic rings. The van der Waals surface area contributed by atoms with E-state index in [9.17, 15) is 9.59 Å². The average molecular weight is 506 g/mol. The standard InChI is InChI=1S/C29H39N5O3/c1-7-9-18-33(28(36)30-22-12-16-24(17-13-22)37-8-2)20-27(35)31-26-19-25(29(4,5)6)32-34(26)23-14-10-21(3)11-15-23/h10-17,19H,7-9,18,20H2,1-6H3,(H,30,36)(H,31,35). The van der Waals surface area contributed by atoms with Crippen molar-refractivity contribution < 1.29 is 14.3 Å². The third-order valence-corrected chi connectivity index (χ3v) is 5.84. The van der Waals surface area contributed by atoms with Crippen molar-refractivity contribution in [2.24, 2.45) is 0 Å². The van der Waals surface area contributed by atoms with Crippen LogP contribution in [0.4, 0.5) is 16.3 Å². The third-order valence-electron chi connectivity index (χ3n) is 5.84. The fourth-order valence-electron chi connectivity index (χ4n) is 3.68. The SMILES string of the molecule is CCCCN(CC(=O)Nc1cc(C(C)(C)C)nn1-c1ccc(C)cc1)C(=O)Nc1ccc(OCC)cc1. The molecule has 198 valence electrons. The van der Waals surface area contributed by atoms with Gasteiger partial charge in [0.25, 0.3) is 0 Å². The summed E-state index contributed by atoms with van der Waals surface area (Å²) < 4.78 is 7.21. The first kappa shape index (κ1) is 27.8. The summed E-state index contributed by atoms with van der Waals surface area (Å²) in [4.78, 5) is 27.8. The van der Waals surface area contributed by atoms with Crippen molar-refractivity contribution >= 4 is 23.4 Å². The van der Waals surface area contributed by atoms with E-state index in [0.717, 1.165) is 35.5 Å². The van der Waals surface area contributed by atoms with Gasteiger partial charge in [0.2, 0.25) is 5.91 Å². The predicted molar refractivity (Wildman–Crippen MR) is 149 cm³/mol. The maximum atomic E-state index is 13.2.